The van der Waals surface area contributed by atoms with Crippen molar-refractivity contribution in [3.63, 3.8) is 0 Å². The number of fused-ring (bicyclic) bond motifs is 1. The fourth-order valence-corrected chi connectivity index (χ4v) is 7.05. The molecule has 35 heavy (non-hydrogen) atoms. The quantitative estimate of drug-likeness (QED) is 0.394. The van der Waals surface area contributed by atoms with E-state index in [9.17, 15) is 26.7 Å². The number of hydrogen-bond acceptors (Lipinski definition) is 4. The average molecular weight is 522 g/mol. The number of rotatable bonds is 6. The standard InChI is InChI=1S/C26H23ClF3NO3S/c1-17-16-31-24-20(9-5-10-21(24)26(28,29)30)23(17)25(27)15-19(18-7-3-2-4-8-18)11-12-22(25)35(33,34)14-6-13-32/h2-5,7-12,16,32H,6,13-15H2,1H3. The lowest BCUT2D eigenvalue weighted by Gasteiger charge is -2.35. The molecule has 4 rings (SSSR count). The molecule has 0 radical (unpaired) electrons. The lowest BCUT2D eigenvalue weighted by Crippen LogP contribution is -2.32. The number of aromatic nitrogens is 1. The van der Waals surface area contributed by atoms with E-state index in [0.717, 1.165) is 17.2 Å². The smallest absolute Gasteiger partial charge is 0.396 e. The van der Waals surface area contributed by atoms with Crippen molar-refractivity contribution in [3.05, 3.63) is 94.0 Å². The molecule has 1 aromatic heterocycles. The van der Waals surface area contributed by atoms with Crippen molar-refractivity contribution < 1.29 is 26.7 Å². The van der Waals surface area contributed by atoms with Gasteiger partial charge in [0.05, 0.1) is 21.7 Å². The summed E-state index contributed by atoms with van der Waals surface area (Å²) in [5.41, 5.74) is 1.12. The van der Waals surface area contributed by atoms with Crippen LogP contribution in [0.15, 0.2) is 71.8 Å². The number of aryl methyl sites for hydroxylation is 1. The monoisotopic (exact) mass is 521 g/mol. The third-order valence-electron chi connectivity index (χ3n) is 6.10. The van der Waals surface area contributed by atoms with Crippen molar-refractivity contribution >= 4 is 37.9 Å². The highest BCUT2D eigenvalue weighted by Crippen LogP contribution is 2.52. The molecule has 3 aromatic rings. The first-order valence-electron chi connectivity index (χ1n) is 10.9. The molecule has 1 aliphatic rings. The number of halogens is 4. The fraction of sp³-hybridized carbons (Fsp3) is 0.269. The van der Waals surface area contributed by atoms with Gasteiger partial charge in [-0.3, -0.25) is 4.98 Å². The zero-order chi connectivity index (χ0) is 25.4. The van der Waals surface area contributed by atoms with E-state index < -0.39 is 26.5 Å². The first-order valence-corrected chi connectivity index (χ1v) is 13.0. The molecule has 2 aromatic carbocycles. The van der Waals surface area contributed by atoms with Gasteiger partial charge >= 0.3 is 6.18 Å². The van der Waals surface area contributed by atoms with Crippen LogP contribution in [-0.4, -0.2) is 30.9 Å². The van der Waals surface area contributed by atoms with Crippen LogP contribution in [0.5, 0.6) is 0 Å². The van der Waals surface area contributed by atoms with Gasteiger partial charge in [-0.05, 0) is 47.8 Å². The topological polar surface area (TPSA) is 67.3 Å². The molecule has 1 atom stereocenters. The second-order valence-electron chi connectivity index (χ2n) is 8.48. The van der Waals surface area contributed by atoms with Crippen molar-refractivity contribution in [1.29, 1.82) is 0 Å². The minimum Gasteiger partial charge on any atom is -0.396 e. The Labute approximate surface area is 206 Å². The molecular weight excluding hydrogens is 499 g/mol. The number of hydrogen-bond donors (Lipinski definition) is 1. The molecule has 0 aliphatic heterocycles. The Bertz CT molecular complexity index is 1430. The summed E-state index contributed by atoms with van der Waals surface area (Å²) < 4.78 is 68.0. The molecule has 0 saturated carbocycles. The lowest BCUT2D eigenvalue weighted by atomic mass is 9.81. The minimum absolute atomic E-state index is 0.0101. The summed E-state index contributed by atoms with van der Waals surface area (Å²) in [5.74, 6) is -0.339. The van der Waals surface area contributed by atoms with Crippen LogP contribution in [0.1, 0.15) is 35.1 Å². The summed E-state index contributed by atoms with van der Waals surface area (Å²) >= 11 is 7.27. The molecule has 9 heteroatoms. The second kappa shape index (κ2) is 9.41. The number of nitrogens with zero attached hydrogens (tertiary/aromatic N) is 1. The average Bonchev–Trinajstić information content (AvgIpc) is 2.81. The molecule has 0 fully saturated rings. The Morgan fingerprint density at radius 2 is 1.80 bits per heavy atom. The molecule has 0 amide bonds. The SMILES string of the molecule is Cc1cnc2c(C(F)(F)F)cccc2c1C1(Cl)CC(c2ccccc2)=CC=C1S(=O)(=O)CCCO. The largest absolute Gasteiger partial charge is 0.418 e. The number of allylic oxidation sites excluding steroid dienone is 4. The number of pyridine rings is 1. The van der Waals surface area contributed by atoms with Gasteiger partial charge in [0.1, 0.15) is 4.87 Å². The third-order valence-corrected chi connectivity index (χ3v) is 8.72. The third kappa shape index (κ3) is 4.75. The zero-order valence-corrected chi connectivity index (χ0v) is 20.4. The molecule has 184 valence electrons. The van der Waals surface area contributed by atoms with Crippen LogP contribution in [0.2, 0.25) is 0 Å². The summed E-state index contributed by atoms with van der Waals surface area (Å²) in [6.45, 7) is 1.34. The van der Waals surface area contributed by atoms with Crippen molar-refractivity contribution in [1.82, 2.24) is 4.98 Å². The first-order chi connectivity index (χ1) is 16.5. The van der Waals surface area contributed by atoms with E-state index >= 15 is 0 Å². The molecular formula is C26H23ClF3NO3S. The predicted octanol–water partition coefficient (Wildman–Crippen LogP) is 6.16. The van der Waals surface area contributed by atoms with E-state index in [4.69, 9.17) is 11.6 Å². The number of benzene rings is 2. The maximum Gasteiger partial charge on any atom is 0.418 e. The van der Waals surface area contributed by atoms with Crippen LogP contribution in [0.4, 0.5) is 13.2 Å². The van der Waals surface area contributed by atoms with E-state index in [1.807, 2.05) is 30.3 Å². The van der Waals surface area contributed by atoms with Gasteiger partial charge in [-0.2, -0.15) is 13.2 Å². The second-order valence-corrected chi connectivity index (χ2v) is 11.2. The highest BCUT2D eigenvalue weighted by molar-refractivity contribution is 7.95. The Hall–Kier alpha value is -2.68. The molecule has 0 saturated heterocycles. The summed E-state index contributed by atoms with van der Waals surface area (Å²) in [6.07, 6.45) is -0.177. The Morgan fingerprint density at radius 3 is 2.46 bits per heavy atom. The molecule has 1 heterocycles. The van der Waals surface area contributed by atoms with Gasteiger partial charge in [0.15, 0.2) is 9.84 Å². The van der Waals surface area contributed by atoms with Gasteiger partial charge < -0.3 is 5.11 Å². The molecule has 1 N–H and O–H groups in total. The Morgan fingerprint density at radius 1 is 1.09 bits per heavy atom. The summed E-state index contributed by atoms with van der Waals surface area (Å²) in [6, 6.07) is 13.0. The van der Waals surface area contributed by atoms with Gasteiger partial charge in [0, 0.05) is 24.6 Å². The van der Waals surface area contributed by atoms with Crippen LogP contribution in [0.3, 0.4) is 0 Å². The number of aliphatic hydroxyl groups is 1. The van der Waals surface area contributed by atoms with Crippen LogP contribution in [0.25, 0.3) is 16.5 Å². The van der Waals surface area contributed by atoms with Gasteiger partial charge in [-0.25, -0.2) is 8.42 Å². The van der Waals surface area contributed by atoms with E-state index in [1.165, 1.54) is 24.4 Å². The summed E-state index contributed by atoms with van der Waals surface area (Å²) in [4.78, 5) is 2.27. The van der Waals surface area contributed by atoms with Crippen LogP contribution in [-0.2, 0) is 20.9 Å². The summed E-state index contributed by atoms with van der Waals surface area (Å²) in [5, 5.41) is 9.36. The van der Waals surface area contributed by atoms with Crippen molar-refractivity contribution in [2.24, 2.45) is 0 Å². The van der Waals surface area contributed by atoms with Crippen LogP contribution in [0, 0.1) is 6.92 Å². The molecule has 1 aliphatic carbocycles. The van der Waals surface area contributed by atoms with Crippen molar-refractivity contribution in [3.8, 4) is 0 Å². The Kier molecular flexibility index (Phi) is 6.83. The first kappa shape index (κ1) is 25.4. The highest BCUT2D eigenvalue weighted by Gasteiger charge is 2.45. The van der Waals surface area contributed by atoms with E-state index in [1.54, 1.807) is 13.0 Å². The fourth-order valence-electron chi connectivity index (χ4n) is 4.57. The van der Waals surface area contributed by atoms with Crippen LogP contribution < -0.4 is 0 Å². The molecule has 4 nitrogen and oxygen atoms in total. The van der Waals surface area contributed by atoms with E-state index in [0.29, 0.717) is 5.56 Å². The maximum atomic E-state index is 13.8. The summed E-state index contributed by atoms with van der Waals surface area (Å²) in [7, 11) is -3.95. The lowest BCUT2D eigenvalue weighted by molar-refractivity contribution is -0.136. The van der Waals surface area contributed by atoms with E-state index in [2.05, 4.69) is 4.98 Å². The number of aliphatic hydroxyl groups excluding tert-OH is 1. The molecule has 0 bridgehead atoms. The van der Waals surface area contributed by atoms with Crippen molar-refractivity contribution in [2.75, 3.05) is 12.4 Å². The minimum atomic E-state index is -4.65. The number of alkyl halides is 4. The number of sulfone groups is 1. The van der Waals surface area contributed by atoms with Crippen molar-refractivity contribution in [2.45, 2.75) is 30.8 Å². The number of para-hydroxylation sites is 1. The van der Waals surface area contributed by atoms with Crippen LogP contribution >= 0.6 is 11.6 Å². The van der Waals surface area contributed by atoms with Gasteiger partial charge in [-0.1, -0.05) is 48.5 Å². The maximum absolute atomic E-state index is 13.8. The van der Waals surface area contributed by atoms with Gasteiger partial charge in [0.25, 0.3) is 0 Å². The zero-order valence-electron chi connectivity index (χ0n) is 18.8. The van der Waals surface area contributed by atoms with E-state index in [-0.39, 0.29) is 46.6 Å². The molecule has 0 spiro atoms. The van der Waals surface area contributed by atoms with Gasteiger partial charge in [0.2, 0.25) is 0 Å². The molecule has 1 unspecified atom stereocenters. The van der Waals surface area contributed by atoms with Gasteiger partial charge in [-0.15, -0.1) is 11.6 Å². The highest BCUT2D eigenvalue weighted by atomic mass is 35.5. The normalized spacial score (nSPS) is 18.9. The Balaban J connectivity index is 2.01. The predicted molar refractivity (Wildman–Crippen MR) is 132 cm³/mol.